The first-order chi connectivity index (χ1) is 16.7. The lowest BCUT2D eigenvalue weighted by atomic mass is 10.1. The van der Waals surface area contributed by atoms with Crippen molar-refractivity contribution in [3.63, 3.8) is 0 Å². The van der Waals surface area contributed by atoms with E-state index in [2.05, 4.69) is 5.43 Å². The van der Waals surface area contributed by atoms with E-state index in [-0.39, 0.29) is 45.6 Å². The molecule has 1 aliphatic heterocycles. The second kappa shape index (κ2) is 9.77. The molecule has 13 nitrogen and oxygen atoms in total. The van der Waals surface area contributed by atoms with Crippen LogP contribution in [0.5, 0.6) is 34.5 Å². The number of quaternary nitrogens is 1. The topological polar surface area (TPSA) is 148 Å². The van der Waals surface area contributed by atoms with E-state index in [0.29, 0.717) is 0 Å². The fraction of sp³-hybridized carbons (Fsp3) is 0.273. The van der Waals surface area contributed by atoms with Crippen LogP contribution in [0, 0.1) is 0 Å². The van der Waals surface area contributed by atoms with E-state index in [1.807, 2.05) is 5.32 Å². The molecule has 6 amide bonds. The van der Waals surface area contributed by atoms with Gasteiger partial charge in [0.15, 0.2) is 23.0 Å². The highest BCUT2D eigenvalue weighted by Crippen LogP contribution is 2.41. The molecule has 0 bridgehead atoms. The average molecular weight is 490 g/mol. The zero-order chi connectivity index (χ0) is 25.9. The number of imide groups is 4. The third-order valence-corrected chi connectivity index (χ3v) is 5.23. The number of carbonyl (C=O) groups excluding carboxylic acids is 4. The van der Waals surface area contributed by atoms with Crippen LogP contribution in [-0.4, -0.2) is 71.1 Å². The zero-order valence-corrected chi connectivity index (χ0v) is 19.8. The minimum Gasteiger partial charge on any atom is -0.493 e. The standard InChI is InChI=1S/C22H23N3O10/c1-30-13-7-11(8-14(31-2)17(13)34-5)19(26)25(22(29)23-21(28)24-25)20(27)12-9-15(32-3)18(35-6)16(10-12)33-4/h7-10H,1-6H3,(H-,23,24,28,29)/p+1. The highest BCUT2D eigenvalue weighted by Gasteiger charge is 2.61. The lowest BCUT2D eigenvalue weighted by Crippen LogP contribution is -2.64. The van der Waals surface area contributed by atoms with Crippen molar-refractivity contribution in [1.82, 2.24) is 10.7 Å². The van der Waals surface area contributed by atoms with Crippen LogP contribution in [0.1, 0.15) is 20.7 Å². The molecule has 0 aliphatic carbocycles. The molecule has 0 radical (unpaired) electrons. The second-order valence-electron chi connectivity index (χ2n) is 6.98. The second-order valence-corrected chi connectivity index (χ2v) is 6.98. The van der Waals surface area contributed by atoms with Gasteiger partial charge in [0, 0.05) is 24.3 Å². The molecule has 13 heteroatoms. The first kappa shape index (κ1) is 25.1. The predicted molar refractivity (Wildman–Crippen MR) is 118 cm³/mol. The molecule has 0 saturated carbocycles. The Hall–Kier alpha value is -4.52. The Morgan fingerprint density at radius 2 is 0.971 bits per heavy atom. The summed E-state index contributed by atoms with van der Waals surface area (Å²) in [7, 11) is 8.08. The first-order valence-electron chi connectivity index (χ1n) is 9.94. The molecule has 2 aromatic carbocycles. The number of hydrogen-bond acceptors (Lipinski definition) is 10. The third-order valence-electron chi connectivity index (χ3n) is 5.23. The number of ether oxygens (including phenoxy) is 6. The van der Waals surface area contributed by atoms with E-state index in [1.165, 1.54) is 66.9 Å². The summed E-state index contributed by atoms with van der Waals surface area (Å²) in [6.07, 6.45) is 0. The van der Waals surface area contributed by atoms with Gasteiger partial charge in [0.1, 0.15) is 0 Å². The quantitative estimate of drug-likeness (QED) is 0.415. The van der Waals surface area contributed by atoms with E-state index < -0.39 is 28.5 Å². The Labute approximate surface area is 199 Å². The van der Waals surface area contributed by atoms with Gasteiger partial charge in [-0.15, -0.1) is 0 Å². The van der Waals surface area contributed by atoms with Crippen LogP contribution < -0.4 is 39.2 Å². The zero-order valence-electron chi connectivity index (χ0n) is 19.8. The molecule has 0 atom stereocenters. The fourth-order valence-corrected chi connectivity index (χ4v) is 3.59. The molecule has 0 aromatic heterocycles. The number of benzene rings is 2. The molecule has 1 fully saturated rings. The third kappa shape index (κ3) is 4.01. The maximum atomic E-state index is 13.7. The summed E-state index contributed by atoms with van der Waals surface area (Å²) in [5.74, 6) is -1.43. The fourth-order valence-electron chi connectivity index (χ4n) is 3.59. The molecule has 0 unspecified atom stereocenters. The Kier molecular flexibility index (Phi) is 7.01. The van der Waals surface area contributed by atoms with Crippen molar-refractivity contribution < 1.29 is 52.2 Å². The van der Waals surface area contributed by atoms with Crippen LogP contribution in [0.15, 0.2) is 24.3 Å². The van der Waals surface area contributed by atoms with E-state index in [9.17, 15) is 19.2 Å². The normalized spacial score (nSPS) is 13.9. The van der Waals surface area contributed by atoms with Gasteiger partial charge >= 0.3 is 23.9 Å². The monoisotopic (exact) mass is 490 g/mol. The van der Waals surface area contributed by atoms with Crippen LogP contribution in [0.4, 0.5) is 9.59 Å². The van der Waals surface area contributed by atoms with Crippen LogP contribution in [0.25, 0.3) is 0 Å². The molecule has 2 N–H and O–H groups in total. The number of methoxy groups -OCH3 is 6. The van der Waals surface area contributed by atoms with Crippen LogP contribution in [0.2, 0.25) is 0 Å². The number of hydrogen-bond donors (Lipinski definition) is 2. The van der Waals surface area contributed by atoms with Gasteiger partial charge in [-0.05, 0) is 4.59 Å². The predicted octanol–water partition coefficient (Wildman–Crippen LogP) is 1.88. The lowest BCUT2D eigenvalue weighted by molar-refractivity contribution is -0.711. The van der Waals surface area contributed by atoms with Crippen molar-refractivity contribution in [1.29, 1.82) is 0 Å². The first-order valence-corrected chi connectivity index (χ1v) is 9.94. The highest BCUT2D eigenvalue weighted by molar-refractivity contribution is 6.14. The van der Waals surface area contributed by atoms with Crippen molar-refractivity contribution >= 4 is 23.9 Å². The summed E-state index contributed by atoms with van der Waals surface area (Å²) < 4.78 is 29.8. The summed E-state index contributed by atoms with van der Waals surface area (Å²) in [4.78, 5) is 52.6. The van der Waals surface area contributed by atoms with Gasteiger partial charge in [0.25, 0.3) is 0 Å². The Morgan fingerprint density at radius 1 is 0.629 bits per heavy atom. The summed E-state index contributed by atoms with van der Waals surface area (Å²) in [6.45, 7) is 0. The molecule has 1 aliphatic rings. The highest BCUT2D eigenvalue weighted by atomic mass is 16.5. The maximum Gasteiger partial charge on any atom is 0.465 e. The lowest BCUT2D eigenvalue weighted by Gasteiger charge is -2.23. The van der Waals surface area contributed by atoms with Crippen molar-refractivity contribution in [3.05, 3.63) is 35.4 Å². The SMILES string of the molecule is COc1cc(C(=O)[N+]2(C(=O)c3cc(OC)c(OC)c(OC)c3)NC(=O)NC2=O)cc(OC)c1OC. The van der Waals surface area contributed by atoms with E-state index in [0.717, 1.165) is 0 Å². The molecule has 2 aromatic rings. The van der Waals surface area contributed by atoms with Gasteiger partial charge in [-0.2, -0.15) is 5.43 Å². The summed E-state index contributed by atoms with van der Waals surface area (Å²) in [5.41, 5.74) is 1.77. The Balaban J connectivity index is 2.23. The molecule has 0 spiro atoms. The minimum atomic E-state index is -1.74. The molecule has 1 saturated heterocycles. The molecule has 1 heterocycles. The van der Waals surface area contributed by atoms with Gasteiger partial charge in [-0.3, -0.25) is 0 Å². The van der Waals surface area contributed by atoms with Crippen molar-refractivity contribution in [2.45, 2.75) is 0 Å². The van der Waals surface area contributed by atoms with E-state index >= 15 is 0 Å². The number of nitrogens with zero attached hydrogens (tertiary/aromatic N) is 1. The Morgan fingerprint density at radius 3 is 1.20 bits per heavy atom. The largest absolute Gasteiger partial charge is 0.493 e. The van der Waals surface area contributed by atoms with Crippen molar-refractivity contribution in [3.8, 4) is 34.5 Å². The van der Waals surface area contributed by atoms with Gasteiger partial charge in [-0.25, -0.2) is 24.5 Å². The number of amides is 6. The average Bonchev–Trinajstić information content (AvgIpc) is 3.19. The van der Waals surface area contributed by atoms with Crippen LogP contribution >= 0.6 is 0 Å². The van der Waals surface area contributed by atoms with Gasteiger partial charge in [0.2, 0.25) is 11.5 Å². The van der Waals surface area contributed by atoms with Crippen molar-refractivity contribution in [2.24, 2.45) is 0 Å². The molecule has 35 heavy (non-hydrogen) atoms. The number of carbonyl (C=O) groups is 4. The van der Waals surface area contributed by atoms with Gasteiger partial charge < -0.3 is 28.4 Å². The van der Waals surface area contributed by atoms with E-state index in [4.69, 9.17) is 28.4 Å². The van der Waals surface area contributed by atoms with Crippen molar-refractivity contribution in [2.75, 3.05) is 42.7 Å². The number of nitrogens with one attached hydrogen (secondary N) is 2. The van der Waals surface area contributed by atoms with Crippen LogP contribution in [0.3, 0.4) is 0 Å². The Bertz CT molecular complexity index is 1080. The molecular formula is C22H24N3O10+. The van der Waals surface area contributed by atoms with Gasteiger partial charge in [-0.1, -0.05) is 0 Å². The summed E-state index contributed by atoms with van der Waals surface area (Å²) in [6, 6.07) is 2.76. The smallest absolute Gasteiger partial charge is 0.465 e. The minimum absolute atomic E-state index is 0.0968. The maximum absolute atomic E-state index is 13.7. The van der Waals surface area contributed by atoms with Crippen LogP contribution in [-0.2, 0) is 0 Å². The molecule has 3 rings (SSSR count). The number of rotatable bonds is 8. The summed E-state index contributed by atoms with van der Waals surface area (Å²) in [5, 5.41) is 1.94. The number of urea groups is 2. The van der Waals surface area contributed by atoms with Gasteiger partial charge in [0.05, 0.1) is 53.8 Å². The summed E-state index contributed by atoms with van der Waals surface area (Å²) >= 11 is 0. The molecular weight excluding hydrogens is 466 g/mol. The van der Waals surface area contributed by atoms with E-state index in [1.54, 1.807) is 0 Å². The molecule has 186 valence electrons.